The van der Waals surface area contributed by atoms with Gasteiger partial charge in [-0.1, -0.05) is 6.42 Å². The van der Waals surface area contributed by atoms with E-state index in [1.807, 2.05) is 6.21 Å². The molecule has 0 aromatic rings. The van der Waals surface area contributed by atoms with Crippen molar-refractivity contribution in [3.05, 3.63) is 0 Å². The molecule has 3 nitrogen and oxygen atoms in total. The zero-order chi connectivity index (χ0) is 10.3. The Labute approximate surface area is 90.3 Å². The summed E-state index contributed by atoms with van der Waals surface area (Å²) in [6.07, 6.45) is 9.58. The summed E-state index contributed by atoms with van der Waals surface area (Å²) in [5, 5.41) is 4.11. The van der Waals surface area contributed by atoms with Gasteiger partial charge in [-0.2, -0.15) is 5.10 Å². The van der Waals surface area contributed by atoms with Crippen molar-refractivity contribution in [2.24, 2.45) is 28.8 Å². The number of carbonyl (C=O) groups is 1. The normalized spacial score (nSPS) is 38.8. The molecule has 0 spiro atoms. The molecule has 1 amide bonds. The fourth-order valence-corrected chi connectivity index (χ4v) is 3.11. The summed E-state index contributed by atoms with van der Waals surface area (Å²) in [5.74, 6) is 2.84. The third-order valence-electron chi connectivity index (χ3n) is 4.18. The van der Waals surface area contributed by atoms with Crippen molar-refractivity contribution in [2.75, 3.05) is 0 Å². The maximum Gasteiger partial charge on any atom is 0.243 e. The molecule has 15 heavy (non-hydrogen) atoms. The van der Waals surface area contributed by atoms with E-state index in [1.165, 1.54) is 25.7 Å². The molecule has 0 aromatic heterocycles. The highest BCUT2D eigenvalue weighted by atomic mass is 16.2. The van der Waals surface area contributed by atoms with Gasteiger partial charge in [0.1, 0.15) is 0 Å². The first-order valence-electron chi connectivity index (χ1n) is 6.16. The Hall–Kier alpha value is -0.860. The zero-order valence-electron chi connectivity index (χ0n) is 8.98. The Morgan fingerprint density at radius 2 is 2.07 bits per heavy atom. The third-order valence-corrected chi connectivity index (χ3v) is 4.18. The largest absolute Gasteiger partial charge is 0.273 e. The SMILES string of the molecule is O=C(N/N=C\[C@@H]1C[C@@H]2CC[C@@H]1C2)C1CC1. The van der Waals surface area contributed by atoms with E-state index in [0.717, 1.165) is 24.7 Å². The molecule has 3 fully saturated rings. The summed E-state index contributed by atoms with van der Waals surface area (Å²) >= 11 is 0. The van der Waals surface area contributed by atoms with Crippen LogP contribution in [0.3, 0.4) is 0 Å². The van der Waals surface area contributed by atoms with Gasteiger partial charge >= 0.3 is 0 Å². The highest BCUT2D eigenvalue weighted by Crippen LogP contribution is 2.47. The molecule has 2 bridgehead atoms. The molecule has 0 saturated heterocycles. The summed E-state index contributed by atoms with van der Waals surface area (Å²) in [6, 6.07) is 0. The molecule has 3 aliphatic rings. The molecule has 3 atom stereocenters. The average Bonchev–Trinajstić information content (AvgIpc) is 2.90. The number of nitrogens with one attached hydrogen (secondary N) is 1. The third kappa shape index (κ3) is 1.92. The van der Waals surface area contributed by atoms with Crippen molar-refractivity contribution >= 4 is 12.1 Å². The van der Waals surface area contributed by atoms with Crippen LogP contribution in [0.5, 0.6) is 0 Å². The Morgan fingerprint density at radius 3 is 2.67 bits per heavy atom. The highest BCUT2D eigenvalue weighted by Gasteiger charge is 2.38. The lowest BCUT2D eigenvalue weighted by molar-refractivity contribution is -0.122. The number of rotatable bonds is 3. The lowest BCUT2D eigenvalue weighted by atomic mass is 9.90. The Balaban J connectivity index is 1.48. The molecular weight excluding hydrogens is 188 g/mol. The van der Waals surface area contributed by atoms with Gasteiger partial charge < -0.3 is 0 Å². The van der Waals surface area contributed by atoms with Crippen LogP contribution in [0.15, 0.2) is 5.10 Å². The molecule has 0 radical (unpaired) electrons. The lowest BCUT2D eigenvalue weighted by Crippen LogP contribution is -2.21. The first-order valence-corrected chi connectivity index (χ1v) is 6.16. The molecule has 0 aromatic carbocycles. The van der Waals surface area contributed by atoms with Gasteiger partial charge in [0.25, 0.3) is 0 Å². The predicted molar refractivity (Wildman–Crippen MR) is 58.3 cm³/mol. The summed E-state index contributed by atoms with van der Waals surface area (Å²) < 4.78 is 0. The van der Waals surface area contributed by atoms with Crippen LogP contribution in [-0.2, 0) is 4.79 Å². The Morgan fingerprint density at radius 1 is 1.20 bits per heavy atom. The van der Waals surface area contributed by atoms with Gasteiger partial charge in [0.05, 0.1) is 0 Å². The van der Waals surface area contributed by atoms with Crippen molar-refractivity contribution in [2.45, 2.75) is 38.5 Å². The quantitative estimate of drug-likeness (QED) is 0.556. The molecule has 1 N–H and O–H groups in total. The minimum Gasteiger partial charge on any atom is -0.273 e. The van der Waals surface area contributed by atoms with Crippen molar-refractivity contribution in [1.82, 2.24) is 5.43 Å². The maximum atomic E-state index is 11.3. The van der Waals surface area contributed by atoms with E-state index in [2.05, 4.69) is 10.5 Å². The van der Waals surface area contributed by atoms with Crippen LogP contribution in [-0.4, -0.2) is 12.1 Å². The van der Waals surface area contributed by atoms with Crippen molar-refractivity contribution in [3.8, 4) is 0 Å². The van der Waals surface area contributed by atoms with Gasteiger partial charge in [0.15, 0.2) is 0 Å². The summed E-state index contributed by atoms with van der Waals surface area (Å²) in [6.45, 7) is 0. The average molecular weight is 206 g/mol. The number of nitrogens with zero attached hydrogens (tertiary/aromatic N) is 1. The number of hydrogen-bond acceptors (Lipinski definition) is 2. The van der Waals surface area contributed by atoms with Crippen LogP contribution in [0.1, 0.15) is 38.5 Å². The van der Waals surface area contributed by atoms with E-state index in [-0.39, 0.29) is 11.8 Å². The van der Waals surface area contributed by atoms with Crippen LogP contribution in [0, 0.1) is 23.7 Å². The molecule has 3 rings (SSSR count). The predicted octanol–water partition coefficient (Wildman–Crippen LogP) is 1.93. The number of amides is 1. The maximum absolute atomic E-state index is 11.3. The molecule has 3 aliphatic carbocycles. The number of fused-ring (bicyclic) bond motifs is 2. The molecule has 3 saturated carbocycles. The molecular formula is C12H18N2O. The standard InChI is InChI=1S/C12H18N2O/c15-12(9-3-4-9)14-13-7-11-6-8-1-2-10(11)5-8/h7-11H,1-6H2,(H,14,15)/b13-7-/t8-,10-,11+/m1/s1. The van der Waals surface area contributed by atoms with Crippen LogP contribution in [0.25, 0.3) is 0 Å². The van der Waals surface area contributed by atoms with Crippen molar-refractivity contribution < 1.29 is 4.79 Å². The minimum atomic E-state index is 0.120. The molecule has 82 valence electrons. The fourth-order valence-electron chi connectivity index (χ4n) is 3.11. The second kappa shape index (κ2) is 3.62. The van der Waals surface area contributed by atoms with Crippen LogP contribution < -0.4 is 5.43 Å². The van der Waals surface area contributed by atoms with Crippen LogP contribution in [0.4, 0.5) is 0 Å². The van der Waals surface area contributed by atoms with E-state index >= 15 is 0 Å². The monoisotopic (exact) mass is 206 g/mol. The molecule has 3 heteroatoms. The molecule has 0 heterocycles. The highest BCUT2D eigenvalue weighted by molar-refractivity contribution is 5.81. The zero-order valence-corrected chi connectivity index (χ0v) is 8.98. The van der Waals surface area contributed by atoms with Crippen molar-refractivity contribution in [1.29, 1.82) is 0 Å². The minimum absolute atomic E-state index is 0.120. The first kappa shape index (κ1) is 9.37. The van der Waals surface area contributed by atoms with E-state index in [9.17, 15) is 4.79 Å². The van der Waals surface area contributed by atoms with Crippen LogP contribution in [0.2, 0.25) is 0 Å². The fraction of sp³-hybridized carbons (Fsp3) is 0.833. The number of hydrazone groups is 1. The van der Waals surface area contributed by atoms with Gasteiger partial charge in [-0.15, -0.1) is 0 Å². The van der Waals surface area contributed by atoms with E-state index in [0.29, 0.717) is 5.92 Å². The number of hydrogen-bond donors (Lipinski definition) is 1. The lowest BCUT2D eigenvalue weighted by Gasteiger charge is -2.16. The molecule has 0 unspecified atom stereocenters. The summed E-state index contributed by atoms with van der Waals surface area (Å²) in [4.78, 5) is 11.3. The van der Waals surface area contributed by atoms with Gasteiger partial charge in [-0.25, -0.2) is 5.43 Å². The van der Waals surface area contributed by atoms with Gasteiger partial charge in [-0.3, -0.25) is 4.79 Å². The van der Waals surface area contributed by atoms with Gasteiger partial charge in [0.2, 0.25) is 5.91 Å². The van der Waals surface area contributed by atoms with E-state index in [4.69, 9.17) is 0 Å². The molecule has 0 aliphatic heterocycles. The van der Waals surface area contributed by atoms with Crippen LogP contribution >= 0.6 is 0 Å². The van der Waals surface area contributed by atoms with Gasteiger partial charge in [-0.05, 0) is 49.9 Å². The smallest absolute Gasteiger partial charge is 0.243 e. The van der Waals surface area contributed by atoms with Crippen molar-refractivity contribution in [3.63, 3.8) is 0 Å². The summed E-state index contributed by atoms with van der Waals surface area (Å²) in [5.41, 5.74) is 2.66. The summed E-state index contributed by atoms with van der Waals surface area (Å²) in [7, 11) is 0. The Kier molecular flexibility index (Phi) is 2.26. The number of carbonyl (C=O) groups excluding carboxylic acids is 1. The Bertz CT molecular complexity index is 296. The van der Waals surface area contributed by atoms with E-state index < -0.39 is 0 Å². The van der Waals surface area contributed by atoms with Gasteiger partial charge in [0, 0.05) is 12.1 Å². The first-order chi connectivity index (χ1) is 7.33. The van der Waals surface area contributed by atoms with E-state index in [1.54, 1.807) is 0 Å². The second-order valence-corrected chi connectivity index (χ2v) is 5.37. The topological polar surface area (TPSA) is 41.5 Å². The second-order valence-electron chi connectivity index (χ2n) is 5.37.